The molecule has 1 heterocycles. The number of hydrogen-bond donors (Lipinski definition) is 2. The molecular weight excluding hydrogens is 391 g/mol. The second-order valence-corrected chi connectivity index (χ2v) is 7.67. The van der Waals surface area contributed by atoms with Gasteiger partial charge in [-0.15, -0.1) is 0 Å². The summed E-state index contributed by atoms with van der Waals surface area (Å²) in [6.45, 7) is 0. The van der Waals surface area contributed by atoms with Crippen molar-refractivity contribution in [2.45, 2.75) is 49.9 Å². The highest BCUT2D eigenvalue weighted by Crippen LogP contribution is 2.30. The third-order valence-electron chi connectivity index (χ3n) is 4.43. The van der Waals surface area contributed by atoms with Crippen LogP contribution in [0.5, 0.6) is 0 Å². The van der Waals surface area contributed by atoms with Gasteiger partial charge in [-0.25, -0.2) is 4.98 Å². The van der Waals surface area contributed by atoms with Gasteiger partial charge in [0, 0.05) is 23.4 Å². The van der Waals surface area contributed by atoms with Crippen molar-refractivity contribution in [1.82, 2.24) is 9.97 Å². The van der Waals surface area contributed by atoms with Crippen LogP contribution < -0.4 is 10.9 Å². The van der Waals surface area contributed by atoms with E-state index in [0.717, 1.165) is 49.1 Å². The lowest BCUT2D eigenvalue weighted by molar-refractivity contribution is -0.137. The van der Waals surface area contributed by atoms with Crippen LogP contribution in [-0.2, 0) is 23.8 Å². The number of rotatable bonds is 6. The van der Waals surface area contributed by atoms with Crippen LogP contribution in [0.15, 0.2) is 34.2 Å². The van der Waals surface area contributed by atoms with Crippen LogP contribution in [0.4, 0.5) is 18.9 Å². The van der Waals surface area contributed by atoms with Crippen molar-refractivity contribution in [3.63, 3.8) is 0 Å². The molecule has 3 rings (SSSR count). The molecule has 2 aromatic rings. The molecular formula is C19H20F3N3O2S. The van der Waals surface area contributed by atoms with Gasteiger partial charge in [-0.2, -0.15) is 13.2 Å². The molecule has 0 spiro atoms. The van der Waals surface area contributed by atoms with E-state index in [0.29, 0.717) is 17.3 Å². The lowest BCUT2D eigenvalue weighted by Gasteiger charge is -2.14. The summed E-state index contributed by atoms with van der Waals surface area (Å²) in [5.41, 5.74) is 0.863. The number of hydrogen-bond acceptors (Lipinski definition) is 4. The second-order valence-electron chi connectivity index (χ2n) is 6.58. The van der Waals surface area contributed by atoms with Gasteiger partial charge in [-0.3, -0.25) is 9.59 Å². The number of amides is 1. The molecule has 2 N–H and O–H groups in total. The zero-order valence-electron chi connectivity index (χ0n) is 15.1. The highest BCUT2D eigenvalue weighted by atomic mass is 32.2. The first-order chi connectivity index (χ1) is 13.3. The maximum Gasteiger partial charge on any atom is 0.416 e. The van der Waals surface area contributed by atoms with Crippen molar-refractivity contribution >= 4 is 23.4 Å². The molecule has 0 saturated heterocycles. The van der Waals surface area contributed by atoms with E-state index in [4.69, 9.17) is 0 Å². The number of thioether (sulfide) groups is 1. The van der Waals surface area contributed by atoms with Gasteiger partial charge in [0.2, 0.25) is 5.91 Å². The zero-order valence-corrected chi connectivity index (χ0v) is 15.9. The van der Waals surface area contributed by atoms with Crippen molar-refractivity contribution < 1.29 is 18.0 Å². The molecule has 1 aromatic carbocycles. The number of H-pyrrole nitrogens is 1. The normalized spacial score (nSPS) is 13.8. The lowest BCUT2D eigenvalue weighted by Crippen LogP contribution is -2.21. The highest BCUT2D eigenvalue weighted by molar-refractivity contribution is 7.99. The summed E-state index contributed by atoms with van der Waals surface area (Å²) >= 11 is 1.37. The van der Waals surface area contributed by atoms with Gasteiger partial charge in [-0.1, -0.05) is 17.8 Å². The van der Waals surface area contributed by atoms with Crippen molar-refractivity contribution in [2.24, 2.45) is 0 Å². The Hall–Kier alpha value is -2.29. The maximum absolute atomic E-state index is 12.7. The first-order valence-corrected chi connectivity index (χ1v) is 10.0. The fraction of sp³-hybridized carbons (Fsp3) is 0.421. The minimum atomic E-state index is -4.45. The van der Waals surface area contributed by atoms with Gasteiger partial charge < -0.3 is 10.3 Å². The first-order valence-electron chi connectivity index (χ1n) is 9.05. The van der Waals surface area contributed by atoms with Crippen LogP contribution in [0.25, 0.3) is 0 Å². The number of anilines is 1. The van der Waals surface area contributed by atoms with Gasteiger partial charge >= 0.3 is 6.18 Å². The Morgan fingerprint density at radius 1 is 1.25 bits per heavy atom. The Morgan fingerprint density at radius 3 is 2.82 bits per heavy atom. The van der Waals surface area contributed by atoms with E-state index in [1.165, 1.54) is 23.9 Å². The Bertz CT molecular complexity index is 912. The zero-order chi connectivity index (χ0) is 20.1. The third kappa shape index (κ3) is 5.37. The Morgan fingerprint density at radius 2 is 2.04 bits per heavy atom. The molecule has 0 bridgehead atoms. The van der Waals surface area contributed by atoms with Crippen molar-refractivity contribution in [3.05, 3.63) is 51.4 Å². The summed E-state index contributed by atoms with van der Waals surface area (Å²) in [6.07, 6.45) is -0.163. The molecule has 1 aliphatic carbocycles. The standard InChI is InChI=1S/C19H20F3N3O2S/c20-19(21,22)12-5-3-6-13(11-12)23-16(26)9-4-10-28-18-24-15-8-2-1-7-14(15)17(27)25-18/h3,5-6,11H,1-2,4,7-10H2,(H,23,26)(H,24,25,27). The number of aryl methyl sites for hydroxylation is 1. The molecule has 1 aliphatic rings. The highest BCUT2D eigenvalue weighted by Gasteiger charge is 2.30. The number of alkyl halides is 3. The number of benzene rings is 1. The summed E-state index contributed by atoms with van der Waals surface area (Å²) in [6, 6.07) is 4.54. The van der Waals surface area contributed by atoms with Gasteiger partial charge in [0.25, 0.3) is 5.56 Å². The molecule has 5 nitrogen and oxygen atoms in total. The number of fused-ring (bicyclic) bond motifs is 1. The summed E-state index contributed by atoms with van der Waals surface area (Å²) in [5.74, 6) is 0.212. The Kier molecular flexibility index (Phi) is 6.43. The predicted molar refractivity (Wildman–Crippen MR) is 102 cm³/mol. The fourth-order valence-corrected chi connectivity index (χ4v) is 3.87. The average Bonchev–Trinajstić information content (AvgIpc) is 2.65. The van der Waals surface area contributed by atoms with Crippen LogP contribution in [-0.4, -0.2) is 21.6 Å². The SMILES string of the molecule is O=C(CCCSc1nc2c(c(=O)[nH]1)CCCC2)Nc1cccc(C(F)(F)F)c1. The second kappa shape index (κ2) is 8.81. The largest absolute Gasteiger partial charge is 0.416 e. The number of aromatic nitrogens is 2. The lowest BCUT2D eigenvalue weighted by atomic mass is 9.97. The maximum atomic E-state index is 12.7. The van der Waals surface area contributed by atoms with Gasteiger partial charge in [-0.05, 0) is 50.3 Å². The number of aromatic amines is 1. The monoisotopic (exact) mass is 411 g/mol. The van der Waals surface area contributed by atoms with Gasteiger partial charge in [0.05, 0.1) is 11.3 Å². The first kappa shape index (κ1) is 20.4. The number of nitrogens with one attached hydrogen (secondary N) is 2. The number of carbonyl (C=O) groups excluding carboxylic acids is 1. The van der Waals surface area contributed by atoms with Crippen LogP contribution in [0.2, 0.25) is 0 Å². The third-order valence-corrected chi connectivity index (χ3v) is 5.39. The van der Waals surface area contributed by atoms with Gasteiger partial charge in [0.15, 0.2) is 5.16 Å². The van der Waals surface area contributed by atoms with E-state index in [2.05, 4.69) is 15.3 Å². The van der Waals surface area contributed by atoms with Crippen molar-refractivity contribution in [3.8, 4) is 0 Å². The summed E-state index contributed by atoms with van der Waals surface area (Å²) < 4.78 is 38.1. The predicted octanol–water partition coefficient (Wildman–Crippen LogP) is 4.18. The van der Waals surface area contributed by atoms with Crippen LogP contribution >= 0.6 is 11.8 Å². The van der Waals surface area contributed by atoms with Gasteiger partial charge in [0.1, 0.15) is 0 Å². The summed E-state index contributed by atoms with van der Waals surface area (Å²) in [5, 5.41) is 3.03. The molecule has 28 heavy (non-hydrogen) atoms. The minimum Gasteiger partial charge on any atom is -0.326 e. The molecule has 9 heteroatoms. The smallest absolute Gasteiger partial charge is 0.326 e. The Labute approximate surface area is 164 Å². The van der Waals surface area contributed by atoms with E-state index in [1.807, 2.05) is 0 Å². The molecule has 0 radical (unpaired) electrons. The fourth-order valence-electron chi connectivity index (χ4n) is 3.05. The molecule has 0 fully saturated rings. The van der Waals surface area contributed by atoms with E-state index < -0.39 is 11.7 Å². The van der Waals surface area contributed by atoms with Crippen LogP contribution in [0.1, 0.15) is 42.5 Å². The number of nitrogens with zero attached hydrogens (tertiary/aromatic N) is 1. The molecule has 0 unspecified atom stereocenters. The average molecular weight is 411 g/mol. The van der Waals surface area contributed by atoms with Crippen molar-refractivity contribution in [2.75, 3.05) is 11.1 Å². The van der Waals surface area contributed by atoms with Crippen LogP contribution in [0, 0.1) is 0 Å². The summed E-state index contributed by atoms with van der Waals surface area (Å²) in [7, 11) is 0. The van der Waals surface area contributed by atoms with E-state index in [1.54, 1.807) is 0 Å². The van der Waals surface area contributed by atoms with E-state index in [9.17, 15) is 22.8 Å². The molecule has 1 amide bonds. The molecule has 0 atom stereocenters. The molecule has 0 saturated carbocycles. The van der Waals surface area contributed by atoms with E-state index >= 15 is 0 Å². The van der Waals surface area contributed by atoms with Crippen molar-refractivity contribution in [1.29, 1.82) is 0 Å². The number of halogens is 3. The minimum absolute atomic E-state index is 0.0884. The Balaban J connectivity index is 1.47. The summed E-state index contributed by atoms with van der Waals surface area (Å²) in [4.78, 5) is 31.3. The number of carbonyl (C=O) groups is 1. The quantitative estimate of drug-likeness (QED) is 0.425. The van der Waals surface area contributed by atoms with Crippen LogP contribution in [0.3, 0.4) is 0 Å². The molecule has 1 aromatic heterocycles. The topological polar surface area (TPSA) is 74.8 Å². The molecule has 150 valence electrons. The molecule has 0 aliphatic heterocycles. The van der Waals surface area contributed by atoms with E-state index in [-0.39, 0.29) is 23.6 Å².